The Kier molecular flexibility index (Phi) is 6.96. The standard InChI is InChI=1S/C21H17F6N3O2S/c1-28-15-7-11(8-17-18(29-2)30-19(31)33-17)3-6-16(15)32-10-12-4-5-13(20(22,23)24)9-14(12)21(25,26)27/h3-9,28H,10H2,1-2H3,(H,29,30,31)/b17-8-. The number of amidine groups is 1. The molecule has 1 aliphatic heterocycles. The van der Waals surface area contributed by atoms with Crippen molar-refractivity contribution in [3.05, 3.63) is 63.6 Å². The average Bonchev–Trinajstić information content (AvgIpc) is 3.10. The van der Waals surface area contributed by atoms with Crippen LogP contribution in [0.2, 0.25) is 0 Å². The van der Waals surface area contributed by atoms with Crippen LogP contribution in [0.25, 0.3) is 6.08 Å². The first-order chi connectivity index (χ1) is 15.4. The fraction of sp³-hybridized carbons (Fsp3) is 0.238. The van der Waals surface area contributed by atoms with Gasteiger partial charge in [0.25, 0.3) is 5.24 Å². The van der Waals surface area contributed by atoms with E-state index >= 15 is 0 Å². The molecule has 0 unspecified atom stereocenters. The lowest BCUT2D eigenvalue weighted by Gasteiger charge is -2.17. The number of benzene rings is 2. The smallest absolute Gasteiger partial charge is 0.416 e. The summed E-state index contributed by atoms with van der Waals surface area (Å²) in [6.45, 7) is -0.594. The Balaban J connectivity index is 1.86. The third kappa shape index (κ3) is 5.81. The summed E-state index contributed by atoms with van der Waals surface area (Å²) in [5, 5.41) is 5.18. The monoisotopic (exact) mass is 489 g/mol. The number of nitrogens with zero attached hydrogens (tertiary/aromatic N) is 1. The number of nitrogens with one attached hydrogen (secondary N) is 2. The topological polar surface area (TPSA) is 62.7 Å². The Morgan fingerprint density at radius 2 is 1.82 bits per heavy atom. The van der Waals surface area contributed by atoms with Gasteiger partial charge in [-0.05, 0) is 47.7 Å². The molecule has 1 aliphatic rings. The van der Waals surface area contributed by atoms with Crippen LogP contribution in [0.4, 0.5) is 36.8 Å². The van der Waals surface area contributed by atoms with Crippen LogP contribution < -0.4 is 15.4 Å². The molecule has 0 atom stereocenters. The van der Waals surface area contributed by atoms with Gasteiger partial charge in [-0.1, -0.05) is 12.1 Å². The number of anilines is 1. The number of hydrogen-bond donors (Lipinski definition) is 2. The minimum atomic E-state index is -4.98. The lowest BCUT2D eigenvalue weighted by atomic mass is 10.0. The summed E-state index contributed by atoms with van der Waals surface area (Å²) >= 11 is 0.967. The normalized spacial score (nSPS) is 16.9. The number of carbonyl (C=O) groups excluding carboxylic acids is 1. The molecule has 176 valence electrons. The van der Waals surface area contributed by atoms with Crippen LogP contribution in [0.15, 0.2) is 46.3 Å². The Hall–Kier alpha value is -3.15. The molecular weight excluding hydrogens is 472 g/mol. The van der Waals surface area contributed by atoms with Crippen molar-refractivity contribution in [2.75, 3.05) is 19.4 Å². The molecule has 12 heteroatoms. The fourth-order valence-corrected chi connectivity index (χ4v) is 3.79. The minimum absolute atomic E-state index is 0.0778. The van der Waals surface area contributed by atoms with Crippen molar-refractivity contribution in [3.63, 3.8) is 0 Å². The van der Waals surface area contributed by atoms with E-state index in [1.807, 2.05) is 0 Å². The molecule has 1 saturated heterocycles. The lowest BCUT2D eigenvalue weighted by Crippen LogP contribution is -2.18. The number of rotatable bonds is 5. The van der Waals surface area contributed by atoms with Crippen LogP contribution >= 0.6 is 11.8 Å². The summed E-state index contributed by atoms with van der Waals surface area (Å²) in [5.41, 5.74) is -2.13. The first-order valence-corrected chi connectivity index (χ1v) is 10.1. The molecule has 0 aliphatic carbocycles. The molecule has 1 amide bonds. The maximum absolute atomic E-state index is 13.3. The summed E-state index contributed by atoms with van der Waals surface area (Å²) in [7, 11) is 3.11. The van der Waals surface area contributed by atoms with Gasteiger partial charge in [-0.3, -0.25) is 9.79 Å². The summed E-state index contributed by atoms with van der Waals surface area (Å²) in [4.78, 5) is 16.1. The SMILES string of the molecule is CN=C1NC(=O)S/C1=C\c1ccc(OCc2ccc(C(F)(F)F)cc2C(F)(F)F)c(NC)c1. The first-order valence-electron chi connectivity index (χ1n) is 9.32. The summed E-state index contributed by atoms with van der Waals surface area (Å²) in [5.74, 6) is 0.614. The van der Waals surface area contributed by atoms with Gasteiger partial charge in [-0.2, -0.15) is 26.3 Å². The van der Waals surface area contributed by atoms with E-state index in [1.54, 1.807) is 25.3 Å². The predicted octanol–water partition coefficient (Wildman–Crippen LogP) is 6.17. The van der Waals surface area contributed by atoms with Gasteiger partial charge >= 0.3 is 12.4 Å². The zero-order valence-electron chi connectivity index (χ0n) is 17.2. The van der Waals surface area contributed by atoms with Crippen LogP contribution in [0.5, 0.6) is 5.75 Å². The highest BCUT2D eigenvalue weighted by Gasteiger charge is 2.38. The van der Waals surface area contributed by atoms with Gasteiger partial charge in [0.1, 0.15) is 18.2 Å². The van der Waals surface area contributed by atoms with Gasteiger partial charge in [-0.15, -0.1) is 0 Å². The minimum Gasteiger partial charge on any atom is -0.487 e. The molecule has 0 saturated carbocycles. The van der Waals surface area contributed by atoms with Crippen molar-refractivity contribution in [2.45, 2.75) is 19.0 Å². The third-order valence-electron chi connectivity index (χ3n) is 4.58. The number of thioether (sulfide) groups is 1. The summed E-state index contributed by atoms with van der Waals surface area (Å²) in [6.07, 6.45) is -8.18. The lowest BCUT2D eigenvalue weighted by molar-refractivity contribution is -0.143. The van der Waals surface area contributed by atoms with Crippen molar-refractivity contribution in [1.82, 2.24) is 5.32 Å². The number of carbonyl (C=O) groups is 1. The summed E-state index contributed by atoms with van der Waals surface area (Å²) in [6, 6.07) is 6.20. The Morgan fingerprint density at radius 1 is 1.09 bits per heavy atom. The van der Waals surface area contributed by atoms with E-state index in [9.17, 15) is 31.1 Å². The molecule has 0 bridgehead atoms. The maximum atomic E-state index is 13.3. The number of amides is 1. The van der Waals surface area contributed by atoms with E-state index in [1.165, 1.54) is 13.1 Å². The molecule has 33 heavy (non-hydrogen) atoms. The Labute approximate surface area is 188 Å². The highest BCUT2D eigenvalue weighted by molar-refractivity contribution is 8.18. The van der Waals surface area contributed by atoms with Gasteiger partial charge in [0.05, 0.1) is 21.7 Å². The zero-order chi connectivity index (χ0) is 24.4. The van der Waals surface area contributed by atoms with Gasteiger partial charge in [-0.25, -0.2) is 0 Å². The van der Waals surface area contributed by atoms with Gasteiger partial charge in [0.2, 0.25) is 0 Å². The molecule has 2 aromatic carbocycles. The number of halogens is 6. The van der Waals surface area contributed by atoms with Crippen molar-refractivity contribution in [3.8, 4) is 5.75 Å². The van der Waals surface area contributed by atoms with Crippen LogP contribution in [0.3, 0.4) is 0 Å². The molecule has 0 radical (unpaired) electrons. The van der Waals surface area contributed by atoms with Crippen molar-refractivity contribution >= 4 is 34.6 Å². The zero-order valence-corrected chi connectivity index (χ0v) is 18.0. The highest BCUT2D eigenvalue weighted by atomic mass is 32.2. The number of ether oxygens (including phenoxy) is 1. The second-order valence-electron chi connectivity index (χ2n) is 6.76. The molecule has 1 heterocycles. The quantitative estimate of drug-likeness (QED) is 0.493. The number of alkyl halides is 6. The second-order valence-corrected chi connectivity index (χ2v) is 7.77. The molecule has 0 aromatic heterocycles. The first kappa shape index (κ1) is 24.5. The molecule has 1 fully saturated rings. The number of aliphatic imine (C=N–C) groups is 1. The third-order valence-corrected chi connectivity index (χ3v) is 5.40. The molecule has 2 N–H and O–H groups in total. The molecule has 3 rings (SSSR count). The van der Waals surface area contributed by atoms with Gasteiger partial charge < -0.3 is 15.4 Å². The summed E-state index contributed by atoms with van der Waals surface area (Å²) < 4.78 is 84.1. The van der Waals surface area contributed by atoms with Crippen molar-refractivity contribution in [1.29, 1.82) is 0 Å². The van der Waals surface area contributed by atoms with Crippen molar-refractivity contribution < 1.29 is 35.9 Å². The van der Waals surface area contributed by atoms with Gasteiger partial charge in [0.15, 0.2) is 0 Å². The number of hydrogen-bond acceptors (Lipinski definition) is 5. The van der Waals surface area contributed by atoms with E-state index in [-0.39, 0.29) is 17.1 Å². The molecule has 5 nitrogen and oxygen atoms in total. The van der Waals surface area contributed by atoms with Gasteiger partial charge in [0, 0.05) is 19.7 Å². The van der Waals surface area contributed by atoms with Crippen LogP contribution in [0.1, 0.15) is 22.3 Å². The van der Waals surface area contributed by atoms with Crippen LogP contribution in [-0.2, 0) is 19.0 Å². The maximum Gasteiger partial charge on any atom is 0.416 e. The van der Waals surface area contributed by atoms with E-state index in [4.69, 9.17) is 4.74 Å². The molecular formula is C21H17F6N3O2S. The van der Waals surface area contributed by atoms with E-state index in [0.717, 1.165) is 17.8 Å². The van der Waals surface area contributed by atoms with E-state index < -0.39 is 35.6 Å². The second kappa shape index (κ2) is 9.38. The average molecular weight is 489 g/mol. The molecule has 0 spiro atoms. The van der Waals surface area contributed by atoms with Crippen molar-refractivity contribution in [2.24, 2.45) is 4.99 Å². The Morgan fingerprint density at radius 3 is 2.42 bits per heavy atom. The fourth-order valence-electron chi connectivity index (χ4n) is 3.00. The van der Waals surface area contributed by atoms with Crippen LogP contribution in [-0.4, -0.2) is 25.2 Å². The Bertz CT molecular complexity index is 1130. The van der Waals surface area contributed by atoms with E-state index in [0.29, 0.717) is 28.1 Å². The van der Waals surface area contributed by atoms with Crippen LogP contribution in [0, 0.1) is 0 Å². The highest BCUT2D eigenvalue weighted by Crippen LogP contribution is 2.38. The van der Waals surface area contributed by atoms with E-state index in [2.05, 4.69) is 15.6 Å². The predicted molar refractivity (Wildman–Crippen MR) is 114 cm³/mol. The molecule has 2 aromatic rings. The largest absolute Gasteiger partial charge is 0.487 e.